The van der Waals surface area contributed by atoms with Crippen molar-refractivity contribution in [2.24, 2.45) is 0 Å². The average Bonchev–Trinajstić information content (AvgIpc) is 2.95. The fourth-order valence-electron chi connectivity index (χ4n) is 2.86. The van der Waals surface area contributed by atoms with E-state index < -0.39 is 10.0 Å². The first-order valence-electron chi connectivity index (χ1n) is 7.89. The Kier molecular flexibility index (Phi) is 5.30. The first-order valence-corrected chi connectivity index (χ1v) is 10.1. The summed E-state index contributed by atoms with van der Waals surface area (Å²) in [4.78, 5) is 14.3. The predicted octanol–water partition coefficient (Wildman–Crippen LogP) is 2.74. The van der Waals surface area contributed by atoms with Crippen LogP contribution in [0, 0.1) is 13.8 Å². The maximum absolute atomic E-state index is 12.8. The van der Waals surface area contributed by atoms with Crippen molar-refractivity contribution in [1.82, 2.24) is 14.4 Å². The number of nitrogens with zero attached hydrogens (tertiary/aromatic N) is 3. The molecule has 0 atom stereocenters. The Morgan fingerprint density at radius 2 is 1.77 bits per heavy atom. The third-order valence-corrected chi connectivity index (χ3v) is 6.94. The summed E-state index contributed by atoms with van der Waals surface area (Å²) in [6.45, 7) is 4.33. The van der Waals surface area contributed by atoms with E-state index in [1.54, 1.807) is 18.7 Å². The Hall–Kier alpha value is -1.61. The third kappa shape index (κ3) is 3.46. The topological polar surface area (TPSA) is 83.7 Å². The van der Waals surface area contributed by atoms with Crippen molar-refractivity contribution >= 4 is 39.1 Å². The molecule has 2 aromatic rings. The molecule has 1 fully saturated rings. The summed E-state index contributed by atoms with van der Waals surface area (Å²) in [6.07, 6.45) is 0. The SMILES string of the molecule is Cc1noc(C)c1C(=O)N1CCN(S(=O)(=O)c2ccc(Cl)c(Cl)c2)CC1. The van der Waals surface area contributed by atoms with Gasteiger partial charge in [-0.3, -0.25) is 4.79 Å². The summed E-state index contributed by atoms with van der Waals surface area (Å²) in [5.41, 5.74) is 0.962. The Morgan fingerprint density at radius 3 is 2.31 bits per heavy atom. The molecule has 10 heteroatoms. The van der Waals surface area contributed by atoms with E-state index in [9.17, 15) is 13.2 Å². The van der Waals surface area contributed by atoms with Crippen LogP contribution in [0.2, 0.25) is 10.0 Å². The van der Waals surface area contributed by atoms with Crippen LogP contribution < -0.4 is 0 Å². The van der Waals surface area contributed by atoms with Crippen molar-refractivity contribution in [3.05, 3.63) is 45.3 Å². The molecule has 1 aliphatic rings. The lowest BCUT2D eigenvalue weighted by molar-refractivity contribution is 0.0695. The van der Waals surface area contributed by atoms with E-state index in [1.807, 2.05) is 0 Å². The average molecular weight is 418 g/mol. The molecule has 0 unspecified atom stereocenters. The van der Waals surface area contributed by atoms with Crippen LogP contribution in [-0.4, -0.2) is 54.9 Å². The standard InChI is InChI=1S/C16H17Cl2N3O4S/c1-10-15(11(2)25-19-10)16(22)20-5-7-21(8-6-20)26(23,24)12-3-4-13(17)14(18)9-12/h3-4,9H,5-8H2,1-2H3. The molecule has 0 spiro atoms. The van der Waals surface area contributed by atoms with E-state index in [2.05, 4.69) is 5.16 Å². The molecule has 0 saturated carbocycles. The number of rotatable bonds is 3. The van der Waals surface area contributed by atoms with Crippen molar-refractivity contribution < 1.29 is 17.7 Å². The summed E-state index contributed by atoms with van der Waals surface area (Å²) < 4.78 is 31.9. The molecule has 0 radical (unpaired) electrons. The zero-order chi connectivity index (χ0) is 19.1. The van der Waals surface area contributed by atoms with Gasteiger partial charge in [-0.05, 0) is 32.0 Å². The van der Waals surface area contributed by atoms with Crippen molar-refractivity contribution in [2.75, 3.05) is 26.2 Å². The van der Waals surface area contributed by atoms with Gasteiger partial charge in [0.2, 0.25) is 10.0 Å². The van der Waals surface area contributed by atoms with Gasteiger partial charge in [0.15, 0.2) is 0 Å². The highest BCUT2D eigenvalue weighted by molar-refractivity contribution is 7.89. The number of aryl methyl sites for hydroxylation is 2. The summed E-state index contributed by atoms with van der Waals surface area (Å²) in [6, 6.07) is 4.21. The van der Waals surface area contributed by atoms with E-state index in [-0.39, 0.29) is 42.0 Å². The van der Waals surface area contributed by atoms with E-state index in [0.717, 1.165) is 0 Å². The van der Waals surface area contributed by atoms with E-state index in [1.165, 1.54) is 22.5 Å². The van der Waals surface area contributed by atoms with Gasteiger partial charge >= 0.3 is 0 Å². The number of halogens is 2. The lowest BCUT2D eigenvalue weighted by Crippen LogP contribution is -2.50. The second-order valence-electron chi connectivity index (χ2n) is 5.97. The summed E-state index contributed by atoms with van der Waals surface area (Å²) in [7, 11) is -3.70. The molecule has 1 aromatic carbocycles. The highest BCUT2D eigenvalue weighted by atomic mass is 35.5. The number of carbonyl (C=O) groups excluding carboxylic acids is 1. The van der Waals surface area contributed by atoms with Crippen LogP contribution in [0.5, 0.6) is 0 Å². The normalized spacial score (nSPS) is 16.1. The van der Waals surface area contributed by atoms with Crippen LogP contribution >= 0.6 is 23.2 Å². The minimum absolute atomic E-state index is 0.0809. The number of hydrogen-bond donors (Lipinski definition) is 0. The van der Waals surface area contributed by atoms with Gasteiger partial charge in [0.25, 0.3) is 5.91 Å². The zero-order valence-electron chi connectivity index (χ0n) is 14.2. The number of sulfonamides is 1. The second-order valence-corrected chi connectivity index (χ2v) is 8.72. The van der Waals surface area contributed by atoms with E-state index in [0.29, 0.717) is 22.0 Å². The quantitative estimate of drug-likeness (QED) is 0.766. The molecule has 7 nitrogen and oxygen atoms in total. The minimum Gasteiger partial charge on any atom is -0.361 e. The predicted molar refractivity (Wildman–Crippen MR) is 97.1 cm³/mol. The van der Waals surface area contributed by atoms with Gasteiger partial charge in [0.05, 0.1) is 20.6 Å². The molecule has 140 valence electrons. The Morgan fingerprint density at radius 1 is 1.12 bits per heavy atom. The molecule has 1 aromatic heterocycles. The van der Waals surface area contributed by atoms with Gasteiger partial charge in [0.1, 0.15) is 11.3 Å². The summed E-state index contributed by atoms with van der Waals surface area (Å²) in [5, 5.41) is 4.26. The van der Waals surface area contributed by atoms with Gasteiger partial charge < -0.3 is 9.42 Å². The van der Waals surface area contributed by atoms with Gasteiger partial charge in [-0.15, -0.1) is 0 Å². The molecule has 3 rings (SSSR count). The Labute approximate surface area is 161 Å². The smallest absolute Gasteiger partial charge is 0.259 e. The molecular weight excluding hydrogens is 401 g/mol. The van der Waals surface area contributed by atoms with E-state index in [4.69, 9.17) is 27.7 Å². The number of amides is 1. The molecular formula is C16H17Cl2N3O4S. The second kappa shape index (κ2) is 7.19. The molecule has 1 aliphatic heterocycles. The first kappa shape index (κ1) is 19.2. The maximum Gasteiger partial charge on any atom is 0.259 e. The van der Waals surface area contributed by atoms with Crippen LogP contribution in [0.25, 0.3) is 0 Å². The third-order valence-electron chi connectivity index (χ3n) is 4.30. The number of piperazine rings is 1. The lowest BCUT2D eigenvalue weighted by Gasteiger charge is -2.34. The van der Waals surface area contributed by atoms with Crippen LogP contribution in [0.3, 0.4) is 0 Å². The van der Waals surface area contributed by atoms with Gasteiger partial charge in [-0.2, -0.15) is 4.31 Å². The number of carbonyl (C=O) groups is 1. The van der Waals surface area contributed by atoms with Crippen molar-refractivity contribution in [3.63, 3.8) is 0 Å². The molecule has 1 saturated heterocycles. The monoisotopic (exact) mass is 417 g/mol. The van der Waals surface area contributed by atoms with Gasteiger partial charge in [-0.1, -0.05) is 28.4 Å². The summed E-state index contributed by atoms with van der Waals surface area (Å²) >= 11 is 11.8. The molecule has 0 aliphatic carbocycles. The fourth-order valence-corrected chi connectivity index (χ4v) is 4.68. The number of aromatic nitrogens is 1. The van der Waals surface area contributed by atoms with Crippen molar-refractivity contribution in [2.45, 2.75) is 18.7 Å². The highest BCUT2D eigenvalue weighted by Crippen LogP contribution is 2.27. The first-order chi connectivity index (χ1) is 12.2. The van der Waals surface area contributed by atoms with Crippen molar-refractivity contribution in [1.29, 1.82) is 0 Å². The summed E-state index contributed by atoms with van der Waals surface area (Å²) in [5.74, 6) is 0.256. The molecule has 0 bridgehead atoms. The van der Waals surface area contributed by atoms with Gasteiger partial charge in [0, 0.05) is 26.2 Å². The maximum atomic E-state index is 12.8. The van der Waals surface area contributed by atoms with Crippen LogP contribution in [0.1, 0.15) is 21.8 Å². The van der Waals surface area contributed by atoms with Crippen molar-refractivity contribution in [3.8, 4) is 0 Å². The molecule has 26 heavy (non-hydrogen) atoms. The van der Waals surface area contributed by atoms with Crippen LogP contribution in [-0.2, 0) is 10.0 Å². The zero-order valence-corrected chi connectivity index (χ0v) is 16.5. The number of benzene rings is 1. The van der Waals surface area contributed by atoms with Gasteiger partial charge in [-0.25, -0.2) is 8.42 Å². The van der Waals surface area contributed by atoms with Crippen LogP contribution in [0.15, 0.2) is 27.6 Å². The lowest BCUT2D eigenvalue weighted by atomic mass is 10.1. The molecule has 0 N–H and O–H groups in total. The van der Waals surface area contributed by atoms with Crippen LogP contribution in [0.4, 0.5) is 0 Å². The minimum atomic E-state index is -3.70. The Balaban J connectivity index is 1.73. The fraction of sp³-hybridized carbons (Fsp3) is 0.375. The molecule has 2 heterocycles. The Bertz CT molecular complexity index is 931. The van der Waals surface area contributed by atoms with E-state index >= 15 is 0 Å². The number of hydrogen-bond acceptors (Lipinski definition) is 5. The molecule has 1 amide bonds. The highest BCUT2D eigenvalue weighted by Gasteiger charge is 2.32. The largest absolute Gasteiger partial charge is 0.361 e.